The molecule has 210 valence electrons. The quantitative estimate of drug-likeness (QED) is 0.401. The zero-order valence-electron chi connectivity index (χ0n) is 20.6. The molecule has 0 radical (unpaired) electrons. The van der Waals surface area contributed by atoms with E-state index in [0.717, 1.165) is 31.0 Å². The van der Waals surface area contributed by atoms with Gasteiger partial charge in [-0.05, 0) is 25.3 Å². The first-order valence-electron chi connectivity index (χ1n) is 12.3. The number of piperidine rings is 1. The molecule has 1 unspecified atom stereocenters. The van der Waals surface area contributed by atoms with Crippen molar-refractivity contribution in [3.63, 3.8) is 0 Å². The number of aromatic hydroxyl groups is 1. The van der Waals surface area contributed by atoms with E-state index in [4.69, 9.17) is 0 Å². The Morgan fingerprint density at radius 1 is 1.26 bits per heavy atom. The van der Waals surface area contributed by atoms with E-state index in [2.05, 4.69) is 25.3 Å². The van der Waals surface area contributed by atoms with E-state index in [0.29, 0.717) is 25.6 Å². The number of amides is 3. The SMILES string of the molecule is O=C1CC2(CN1)C[C@@H](N(C(=O)NCc1ccc(OC(F)(F)F)cc1F)C1CC1)CN(c1nc(O)cc(=O)[nH]1)C2. The van der Waals surface area contributed by atoms with Crippen molar-refractivity contribution in [2.24, 2.45) is 5.41 Å². The number of aromatic nitrogens is 2. The Bertz CT molecular complexity index is 1330. The minimum atomic E-state index is -4.96. The Kier molecular flexibility index (Phi) is 6.76. The van der Waals surface area contributed by atoms with Gasteiger partial charge in [0.15, 0.2) is 0 Å². The summed E-state index contributed by atoms with van der Waals surface area (Å²) in [7, 11) is 0. The van der Waals surface area contributed by atoms with Crippen LogP contribution in [0.5, 0.6) is 11.6 Å². The van der Waals surface area contributed by atoms with Gasteiger partial charge in [0.25, 0.3) is 5.56 Å². The molecule has 4 N–H and O–H groups in total. The second-order valence-corrected chi connectivity index (χ2v) is 10.2. The summed E-state index contributed by atoms with van der Waals surface area (Å²) in [5.41, 5.74) is -1.14. The fourth-order valence-corrected chi connectivity index (χ4v) is 5.40. The van der Waals surface area contributed by atoms with Crippen LogP contribution < -0.4 is 25.8 Å². The van der Waals surface area contributed by atoms with E-state index < -0.39 is 46.9 Å². The maximum atomic E-state index is 14.4. The van der Waals surface area contributed by atoms with Crippen LogP contribution in [0.25, 0.3) is 0 Å². The summed E-state index contributed by atoms with van der Waals surface area (Å²) in [6.07, 6.45) is -2.78. The molecule has 1 aromatic carbocycles. The molecule has 5 rings (SSSR count). The monoisotopic (exact) mass is 554 g/mol. The van der Waals surface area contributed by atoms with Gasteiger partial charge in [0.1, 0.15) is 11.6 Å². The zero-order chi connectivity index (χ0) is 27.9. The normalized spacial score (nSPS) is 23.0. The number of hydrogen-bond donors (Lipinski definition) is 4. The average molecular weight is 555 g/mol. The Balaban J connectivity index is 1.34. The number of ether oxygens (including phenoxy) is 1. The van der Waals surface area contributed by atoms with Gasteiger partial charge in [-0.1, -0.05) is 6.07 Å². The number of halogens is 4. The van der Waals surface area contributed by atoms with E-state index >= 15 is 0 Å². The maximum Gasteiger partial charge on any atom is 0.573 e. The van der Waals surface area contributed by atoms with Gasteiger partial charge in [0.2, 0.25) is 17.7 Å². The number of carbonyl (C=O) groups is 2. The number of carbonyl (C=O) groups excluding carboxylic acids is 2. The van der Waals surface area contributed by atoms with E-state index in [-0.39, 0.29) is 43.0 Å². The van der Waals surface area contributed by atoms with Crippen molar-refractivity contribution in [2.75, 3.05) is 24.5 Å². The van der Waals surface area contributed by atoms with Crippen molar-refractivity contribution in [1.82, 2.24) is 25.5 Å². The molecule has 3 fully saturated rings. The minimum absolute atomic E-state index is 0.0255. The summed E-state index contributed by atoms with van der Waals surface area (Å²) in [6.45, 7) is 0.694. The molecular formula is C24H26F4N6O5. The number of alkyl halides is 3. The van der Waals surface area contributed by atoms with Gasteiger partial charge < -0.3 is 30.3 Å². The third-order valence-electron chi connectivity index (χ3n) is 7.09. The van der Waals surface area contributed by atoms with Gasteiger partial charge in [0.05, 0.1) is 12.1 Å². The first-order chi connectivity index (χ1) is 18.4. The number of nitrogens with zero attached hydrogens (tertiary/aromatic N) is 3. The summed E-state index contributed by atoms with van der Waals surface area (Å²) in [5.74, 6) is -2.16. The molecule has 3 heterocycles. The first-order valence-corrected chi connectivity index (χ1v) is 12.3. The standard InChI is InChI=1S/C24H26F4N6O5/c25-17-5-16(39-24(26,27)28)4-1-13(17)9-29-22(38)34(14-2-3-14)15-7-23(8-20(37)30-11-23)12-33(10-15)21-31-18(35)6-19(36)32-21/h1,4-6,14-15H,2-3,7-12H2,(H,29,38)(H,30,37)(H2,31,32,35,36)/t15-,23?/m1/s1. The van der Waals surface area contributed by atoms with Crippen LogP contribution in [0, 0.1) is 11.2 Å². The van der Waals surface area contributed by atoms with E-state index in [1.165, 1.54) is 0 Å². The van der Waals surface area contributed by atoms with Crippen LogP contribution >= 0.6 is 0 Å². The van der Waals surface area contributed by atoms with E-state index in [1.54, 1.807) is 9.80 Å². The molecule has 2 saturated heterocycles. The fourth-order valence-electron chi connectivity index (χ4n) is 5.40. The van der Waals surface area contributed by atoms with Crippen LogP contribution in [-0.4, -0.2) is 70.0 Å². The minimum Gasteiger partial charge on any atom is -0.493 e. The van der Waals surface area contributed by atoms with Crippen LogP contribution in [0.15, 0.2) is 29.1 Å². The molecule has 1 spiro atoms. The Morgan fingerprint density at radius 3 is 2.64 bits per heavy atom. The van der Waals surface area contributed by atoms with Crippen molar-refractivity contribution in [3.05, 3.63) is 46.0 Å². The summed E-state index contributed by atoms with van der Waals surface area (Å²) < 4.78 is 55.4. The highest BCUT2D eigenvalue weighted by atomic mass is 19.4. The number of hydrogen-bond acceptors (Lipinski definition) is 7. The Labute approximate surface area is 219 Å². The van der Waals surface area contributed by atoms with Crippen molar-refractivity contribution in [2.45, 2.75) is 50.7 Å². The highest BCUT2D eigenvalue weighted by Crippen LogP contribution is 2.41. The lowest BCUT2D eigenvalue weighted by atomic mass is 9.76. The number of urea groups is 1. The third-order valence-corrected chi connectivity index (χ3v) is 7.09. The van der Waals surface area contributed by atoms with Crippen molar-refractivity contribution < 1.29 is 37.0 Å². The molecule has 3 amide bonds. The van der Waals surface area contributed by atoms with Gasteiger partial charge in [0, 0.05) is 55.7 Å². The zero-order valence-corrected chi connectivity index (χ0v) is 20.6. The summed E-state index contributed by atoms with van der Waals surface area (Å²) in [5, 5.41) is 15.4. The summed E-state index contributed by atoms with van der Waals surface area (Å²) >= 11 is 0. The van der Waals surface area contributed by atoms with E-state index in [9.17, 15) is 37.1 Å². The topological polar surface area (TPSA) is 140 Å². The maximum absolute atomic E-state index is 14.4. The third kappa shape index (κ3) is 6.17. The van der Waals surface area contributed by atoms with Gasteiger partial charge >= 0.3 is 12.4 Å². The molecular weight excluding hydrogens is 528 g/mol. The lowest BCUT2D eigenvalue weighted by molar-refractivity contribution is -0.274. The van der Waals surface area contributed by atoms with Gasteiger partial charge in [-0.2, -0.15) is 4.98 Å². The number of H-pyrrole nitrogens is 1. The van der Waals surface area contributed by atoms with Crippen molar-refractivity contribution in [1.29, 1.82) is 0 Å². The van der Waals surface area contributed by atoms with Crippen molar-refractivity contribution in [3.8, 4) is 11.6 Å². The first kappa shape index (κ1) is 26.6. The molecule has 2 aliphatic heterocycles. The summed E-state index contributed by atoms with van der Waals surface area (Å²) in [4.78, 5) is 47.5. The van der Waals surface area contributed by atoms with Crippen LogP contribution in [-0.2, 0) is 11.3 Å². The molecule has 3 aliphatic rings. The number of rotatable bonds is 6. The smallest absolute Gasteiger partial charge is 0.493 e. The van der Waals surface area contributed by atoms with E-state index in [1.807, 2.05) is 0 Å². The molecule has 1 aromatic heterocycles. The van der Waals surface area contributed by atoms with Crippen LogP contribution in [0.2, 0.25) is 0 Å². The predicted molar refractivity (Wildman–Crippen MR) is 127 cm³/mol. The van der Waals surface area contributed by atoms with Crippen LogP contribution in [0.1, 0.15) is 31.2 Å². The lowest BCUT2D eigenvalue weighted by Gasteiger charge is -2.47. The fraction of sp³-hybridized carbons (Fsp3) is 0.500. The number of nitrogens with one attached hydrogen (secondary N) is 3. The average Bonchev–Trinajstić information content (AvgIpc) is 3.59. The predicted octanol–water partition coefficient (Wildman–Crippen LogP) is 1.97. The molecule has 2 aromatic rings. The number of aromatic amines is 1. The number of anilines is 1. The second kappa shape index (κ2) is 9.93. The molecule has 0 bridgehead atoms. The molecule has 15 heteroatoms. The molecule has 11 nitrogen and oxygen atoms in total. The molecule has 2 atom stereocenters. The highest BCUT2D eigenvalue weighted by Gasteiger charge is 2.49. The lowest BCUT2D eigenvalue weighted by Crippen LogP contribution is -2.59. The highest BCUT2D eigenvalue weighted by molar-refractivity contribution is 5.79. The second-order valence-electron chi connectivity index (χ2n) is 10.2. The van der Waals surface area contributed by atoms with Crippen LogP contribution in [0.3, 0.4) is 0 Å². The van der Waals surface area contributed by atoms with Gasteiger partial charge in [-0.15, -0.1) is 13.2 Å². The largest absolute Gasteiger partial charge is 0.573 e. The van der Waals surface area contributed by atoms with Gasteiger partial charge in [-0.25, -0.2) is 9.18 Å². The summed E-state index contributed by atoms with van der Waals surface area (Å²) in [6, 6.07) is 2.60. The van der Waals surface area contributed by atoms with Crippen molar-refractivity contribution >= 4 is 17.9 Å². The van der Waals surface area contributed by atoms with Gasteiger partial charge in [-0.3, -0.25) is 14.6 Å². The molecule has 1 aliphatic carbocycles. The van der Waals surface area contributed by atoms with Crippen LogP contribution in [0.4, 0.5) is 28.3 Å². The molecule has 39 heavy (non-hydrogen) atoms. The Hall–Kier alpha value is -4.04. The number of benzene rings is 1. The Morgan fingerprint density at radius 2 is 2.03 bits per heavy atom. The molecule has 1 saturated carbocycles.